The zero-order valence-electron chi connectivity index (χ0n) is 16.5. The molecule has 2 aromatic rings. The predicted molar refractivity (Wildman–Crippen MR) is 134 cm³/mol. The first kappa shape index (κ1) is 23.3. The van der Waals surface area contributed by atoms with E-state index < -0.39 is 13.5 Å². The summed E-state index contributed by atoms with van der Waals surface area (Å²) in [7, 11) is 0. The normalized spacial score (nSPS) is 19.1. The van der Waals surface area contributed by atoms with Gasteiger partial charge in [-0.15, -0.1) is 0 Å². The summed E-state index contributed by atoms with van der Waals surface area (Å²) < 4.78 is 1.74. The van der Waals surface area contributed by atoms with E-state index in [1.54, 1.807) is 11.0 Å². The van der Waals surface area contributed by atoms with Crippen LogP contribution in [-0.2, 0) is 11.2 Å². The number of benzene rings is 1. The first-order valence-corrected chi connectivity index (χ1v) is 12.9. The van der Waals surface area contributed by atoms with Crippen molar-refractivity contribution in [3.63, 3.8) is 0 Å². The second kappa shape index (κ2) is 8.46. The minimum atomic E-state index is -1.21. The third kappa shape index (κ3) is 4.11. The molecule has 0 spiro atoms. The number of carboxylic acids is 1. The summed E-state index contributed by atoms with van der Waals surface area (Å²) in [5.74, 6) is -1.30. The van der Waals surface area contributed by atoms with E-state index in [-0.39, 0.29) is 17.5 Å². The average molecular weight is 685 g/mol. The maximum Gasteiger partial charge on any atom is 0.341 e. The standard InChI is InChI=1S/C20H19Br4N3O4/c1-10-2-3-11-15-12(17(28)13(18(29)30)9-27(10)15)8-14(21)16(11)25-4-6-26(7-5-25)19(31)20(22,23)24/h8-10H,2-7H2,1H3,(H,29,30). The molecule has 7 nitrogen and oxygen atoms in total. The number of amides is 1. The van der Waals surface area contributed by atoms with Crippen LogP contribution in [0.2, 0.25) is 0 Å². The molecule has 1 saturated heterocycles. The van der Waals surface area contributed by atoms with Gasteiger partial charge < -0.3 is 19.5 Å². The van der Waals surface area contributed by atoms with E-state index in [0.717, 1.165) is 34.1 Å². The van der Waals surface area contributed by atoms with Gasteiger partial charge >= 0.3 is 5.97 Å². The largest absolute Gasteiger partial charge is 0.477 e. The maximum atomic E-state index is 12.9. The molecule has 0 aliphatic carbocycles. The molecule has 11 heteroatoms. The lowest BCUT2D eigenvalue weighted by Crippen LogP contribution is -2.51. The fraction of sp³-hybridized carbons (Fsp3) is 0.450. The highest BCUT2D eigenvalue weighted by Gasteiger charge is 2.36. The van der Waals surface area contributed by atoms with Gasteiger partial charge in [-0.2, -0.15) is 0 Å². The van der Waals surface area contributed by atoms with E-state index >= 15 is 0 Å². The zero-order chi connectivity index (χ0) is 22.7. The van der Waals surface area contributed by atoms with Crippen LogP contribution in [0, 0.1) is 0 Å². The molecule has 2 aliphatic rings. The van der Waals surface area contributed by atoms with Crippen molar-refractivity contribution in [3.8, 4) is 0 Å². The Morgan fingerprint density at radius 2 is 1.81 bits per heavy atom. The van der Waals surface area contributed by atoms with Crippen molar-refractivity contribution >= 4 is 92.2 Å². The molecule has 1 amide bonds. The minimum absolute atomic E-state index is 0.0880. The van der Waals surface area contributed by atoms with Gasteiger partial charge in [-0.3, -0.25) is 9.59 Å². The average Bonchev–Trinajstić information content (AvgIpc) is 2.70. The number of aromatic carboxylic acids is 1. The van der Waals surface area contributed by atoms with Gasteiger partial charge in [0.05, 0.1) is 11.2 Å². The fourth-order valence-electron chi connectivity index (χ4n) is 4.44. The van der Waals surface area contributed by atoms with Gasteiger partial charge in [0.2, 0.25) is 7.57 Å². The number of halogens is 4. The summed E-state index contributed by atoms with van der Waals surface area (Å²) in [5.41, 5.74) is 2.21. The second-order valence-electron chi connectivity index (χ2n) is 7.83. The van der Waals surface area contributed by atoms with Crippen molar-refractivity contribution in [2.75, 3.05) is 31.1 Å². The second-order valence-corrected chi connectivity index (χ2v) is 15.4. The van der Waals surface area contributed by atoms with Gasteiger partial charge in [-0.25, -0.2) is 4.79 Å². The van der Waals surface area contributed by atoms with E-state index in [4.69, 9.17) is 0 Å². The van der Waals surface area contributed by atoms with E-state index in [1.165, 1.54) is 6.20 Å². The summed E-state index contributed by atoms with van der Waals surface area (Å²) in [6.07, 6.45) is 3.13. The van der Waals surface area contributed by atoms with Crippen LogP contribution in [0.25, 0.3) is 10.9 Å². The highest BCUT2D eigenvalue weighted by Crippen LogP contribution is 2.41. The Labute approximate surface area is 212 Å². The number of hydrogen-bond acceptors (Lipinski definition) is 4. The van der Waals surface area contributed by atoms with Gasteiger partial charge in [-0.1, -0.05) is 0 Å². The third-order valence-electron chi connectivity index (χ3n) is 5.98. The number of carbonyl (C=O) groups excluding carboxylic acids is 1. The molecule has 166 valence electrons. The number of nitrogens with zero attached hydrogens (tertiary/aromatic N) is 3. The molecule has 1 unspecified atom stereocenters. The smallest absolute Gasteiger partial charge is 0.341 e. The number of hydrogen-bond donors (Lipinski definition) is 1. The van der Waals surface area contributed by atoms with Crippen LogP contribution < -0.4 is 10.3 Å². The Balaban J connectivity index is 1.79. The molecule has 31 heavy (non-hydrogen) atoms. The van der Waals surface area contributed by atoms with Crippen LogP contribution in [0.15, 0.2) is 21.5 Å². The Hall–Kier alpha value is -0.910. The Morgan fingerprint density at radius 3 is 2.39 bits per heavy atom. The molecule has 0 radical (unpaired) electrons. The van der Waals surface area contributed by atoms with Gasteiger partial charge in [0.25, 0.3) is 5.91 Å². The molecule has 1 aromatic carbocycles. The molecule has 1 aromatic heterocycles. The van der Waals surface area contributed by atoms with E-state index in [9.17, 15) is 19.5 Å². The summed E-state index contributed by atoms with van der Waals surface area (Å²) in [6.45, 7) is 4.47. The molecule has 1 atom stereocenters. The monoisotopic (exact) mass is 681 g/mol. The number of rotatable bonds is 2. The molecular weight excluding hydrogens is 666 g/mol. The minimum Gasteiger partial charge on any atom is -0.477 e. The zero-order valence-corrected chi connectivity index (χ0v) is 22.8. The third-order valence-corrected chi connectivity index (χ3v) is 7.60. The lowest BCUT2D eigenvalue weighted by atomic mass is 9.94. The Kier molecular flexibility index (Phi) is 6.35. The maximum absolute atomic E-state index is 12.9. The Bertz CT molecular complexity index is 1150. The van der Waals surface area contributed by atoms with E-state index in [2.05, 4.69) is 68.6 Å². The lowest BCUT2D eigenvalue weighted by molar-refractivity contribution is -0.129. The molecule has 2 aliphatic heterocycles. The van der Waals surface area contributed by atoms with Crippen molar-refractivity contribution < 1.29 is 14.7 Å². The van der Waals surface area contributed by atoms with Crippen LogP contribution in [0.5, 0.6) is 0 Å². The van der Waals surface area contributed by atoms with Crippen molar-refractivity contribution in [2.45, 2.75) is 28.0 Å². The van der Waals surface area contributed by atoms with Crippen molar-refractivity contribution in [2.24, 2.45) is 0 Å². The van der Waals surface area contributed by atoms with Gasteiger partial charge in [-0.05, 0) is 89.6 Å². The summed E-state index contributed by atoms with van der Waals surface area (Å²) in [4.78, 5) is 41.0. The molecule has 3 heterocycles. The van der Waals surface area contributed by atoms with E-state index in [1.807, 2.05) is 11.5 Å². The van der Waals surface area contributed by atoms with Crippen molar-refractivity contribution in [1.82, 2.24) is 9.47 Å². The molecule has 1 fully saturated rings. The molecular formula is C20H19Br4N3O4. The number of piperazine rings is 1. The summed E-state index contributed by atoms with van der Waals surface area (Å²) in [6, 6.07) is 1.84. The number of aromatic nitrogens is 1. The molecule has 0 saturated carbocycles. The van der Waals surface area contributed by atoms with Crippen molar-refractivity contribution in [3.05, 3.63) is 38.1 Å². The van der Waals surface area contributed by atoms with Crippen LogP contribution in [0.3, 0.4) is 0 Å². The van der Waals surface area contributed by atoms with Crippen LogP contribution in [0.4, 0.5) is 5.69 Å². The van der Waals surface area contributed by atoms with E-state index in [0.29, 0.717) is 31.6 Å². The first-order chi connectivity index (χ1) is 14.5. The Morgan fingerprint density at radius 1 is 1.16 bits per heavy atom. The molecule has 1 N–H and O–H groups in total. The van der Waals surface area contributed by atoms with Crippen molar-refractivity contribution in [1.29, 1.82) is 0 Å². The lowest BCUT2D eigenvalue weighted by Gasteiger charge is -2.40. The number of anilines is 1. The summed E-state index contributed by atoms with van der Waals surface area (Å²) >= 11 is 13.5. The summed E-state index contributed by atoms with van der Waals surface area (Å²) in [5, 5.41) is 9.92. The number of alkyl halides is 3. The topological polar surface area (TPSA) is 82.8 Å². The van der Waals surface area contributed by atoms with Crippen LogP contribution >= 0.6 is 63.7 Å². The highest BCUT2D eigenvalue weighted by atomic mass is 80.0. The van der Waals surface area contributed by atoms with Gasteiger partial charge in [0.1, 0.15) is 5.56 Å². The quantitative estimate of drug-likeness (QED) is 0.473. The number of aryl methyl sites for hydroxylation is 1. The highest BCUT2D eigenvalue weighted by molar-refractivity contribution is 9.40. The first-order valence-electron chi connectivity index (χ1n) is 9.75. The predicted octanol–water partition coefficient (Wildman–Crippen LogP) is 4.46. The van der Waals surface area contributed by atoms with Crippen LogP contribution in [-0.4, -0.2) is 54.8 Å². The fourth-order valence-corrected chi connectivity index (χ4v) is 5.91. The SMILES string of the molecule is CC1CCc2c(N3CCN(C(=O)C(Br)(Br)Br)CC3)c(Br)cc3c(=O)c(C(=O)O)cn1c23. The van der Waals surface area contributed by atoms with Crippen LogP contribution in [0.1, 0.15) is 35.3 Å². The number of carbonyl (C=O) groups is 2. The number of carboxylic acid groups (broad SMARTS) is 1. The molecule has 4 rings (SSSR count). The van der Waals surface area contributed by atoms with Gasteiger partial charge in [0, 0.05) is 53.8 Å². The molecule has 0 bridgehead atoms. The van der Waals surface area contributed by atoms with Gasteiger partial charge in [0.15, 0.2) is 0 Å². The number of pyridine rings is 1.